The van der Waals surface area contributed by atoms with Crippen molar-refractivity contribution >= 4 is 47.4 Å². The minimum atomic E-state index is -0.517. The van der Waals surface area contributed by atoms with Gasteiger partial charge in [0, 0.05) is 15.7 Å². The Balaban J connectivity index is 1.86. The predicted octanol–water partition coefficient (Wildman–Crippen LogP) is 2.79. The van der Waals surface area contributed by atoms with Gasteiger partial charge in [-0.25, -0.2) is 4.79 Å². The summed E-state index contributed by atoms with van der Waals surface area (Å²) in [5.41, 5.74) is 1.08. The number of halogens is 1. The Hall–Kier alpha value is -1.92. The van der Waals surface area contributed by atoms with E-state index in [0.717, 1.165) is 15.4 Å². The third-order valence-corrected chi connectivity index (χ3v) is 5.20. The van der Waals surface area contributed by atoms with Crippen molar-refractivity contribution in [2.24, 2.45) is 10.9 Å². The van der Waals surface area contributed by atoms with Crippen LogP contribution in [0, 0.1) is 5.92 Å². The van der Waals surface area contributed by atoms with E-state index in [1.807, 2.05) is 30.3 Å². The molecule has 1 atom stereocenters. The van der Waals surface area contributed by atoms with E-state index in [-0.39, 0.29) is 11.9 Å². The molecular formula is C16H15ClN3O2S+. The number of fused-ring (bicyclic) bond motifs is 1. The molecule has 1 unspecified atom stereocenters. The van der Waals surface area contributed by atoms with E-state index < -0.39 is 5.92 Å². The average Bonchev–Trinajstić information content (AvgIpc) is 2.56. The number of rotatable bonds is 3. The summed E-state index contributed by atoms with van der Waals surface area (Å²) in [6, 6.07) is 7.26. The molecule has 2 aliphatic heterocycles. The van der Waals surface area contributed by atoms with Crippen LogP contribution in [0.3, 0.4) is 0 Å². The first kappa shape index (κ1) is 16.0. The number of hydrogen-bond donors (Lipinski definition) is 0. The molecule has 3 amide bonds. The van der Waals surface area contributed by atoms with Crippen molar-refractivity contribution in [1.29, 1.82) is 0 Å². The number of amidine groups is 1. The van der Waals surface area contributed by atoms with E-state index in [9.17, 15) is 9.59 Å². The fraction of sp³-hybridized carbons (Fsp3) is 0.250. The van der Waals surface area contributed by atoms with Gasteiger partial charge in [-0.05, 0) is 23.8 Å². The monoisotopic (exact) mass is 348 g/mol. The SMILES string of the molecule is CN1C(=O)C2C(SCc3cccc(Cl)c3)=CC=NC2=[N+](C)C1=O. The van der Waals surface area contributed by atoms with Crippen molar-refractivity contribution in [3.05, 3.63) is 45.8 Å². The number of carbonyl (C=O) groups excluding carboxylic acids is 2. The van der Waals surface area contributed by atoms with E-state index in [1.54, 1.807) is 25.0 Å². The number of carbonyl (C=O) groups is 2. The lowest BCUT2D eigenvalue weighted by Gasteiger charge is -2.26. The highest BCUT2D eigenvalue weighted by Gasteiger charge is 2.46. The Labute approximate surface area is 143 Å². The smallest absolute Gasteiger partial charge is 0.255 e. The second-order valence-electron chi connectivity index (χ2n) is 5.30. The highest BCUT2D eigenvalue weighted by molar-refractivity contribution is 8.02. The minimum Gasteiger partial charge on any atom is -0.255 e. The van der Waals surface area contributed by atoms with Gasteiger partial charge in [0.15, 0.2) is 5.92 Å². The molecule has 5 nitrogen and oxygen atoms in total. The molecule has 0 radical (unpaired) electrons. The number of benzene rings is 1. The van der Waals surface area contributed by atoms with Gasteiger partial charge in [0.1, 0.15) is 6.21 Å². The standard InChI is InChI=1S/C16H15ClN3O2S/c1-19-14-13(15(21)20(2)16(19)22)12(6-7-18-14)23-9-10-4-3-5-11(17)8-10/h3-8,13H,9H2,1-2H3/q+1. The molecule has 2 aliphatic rings. The quantitative estimate of drug-likeness (QED) is 0.789. The fourth-order valence-corrected chi connectivity index (χ4v) is 3.79. The number of imide groups is 1. The van der Waals surface area contributed by atoms with Gasteiger partial charge in [-0.3, -0.25) is 4.79 Å². The van der Waals surface area contributed by atoms with Crippen molar-refractivity contribution in [1.82, 2.24) is 4.90 Å². The molecule has 0 fully saturated rings. The van der Waals surface area contributed by atoms with Crippen LogP contribution in [0.1, 0.15) is 5.56 Å². The van der Waals surface area contributed by atoms with Crippen LogP contribution >= 0.6 is 23.4 Å². The van der Waals surface area contributed by atoms with Gasteiger partial charge in [0.2, 0.25) is 0 Å². The Kier molecular flexibility index (Phi) is 4.37. The van der Waals surface area contributed by atoms with Gasteiger partial charge in [0.05, 0.1) is 14.1 Å². The molecule has 23 heavy (non-hydrogen) atoms. The fourth-order valence-electron chi connectivity index (χ4n) is 2.53. The van der Waals surface area contributed by atoms with Crippen LogP contribution in [-0.4, -0.2) is 47.6 Å². The van der Waals surface area contributed by atoms with Crippen LogP contribution in [-0.2, 0) is 10.5 Å². The molecule has 7 heteroatoms. The van der Waals surface area contributed by atoms with Crippen LogP contribution in [0.5, 0.6) is 0 Å². The Morgan fingerprint density at radius 2 is 2.17 bits per heavy atom. The number of thioether (sulfide) groups is 1. The number of aliphatic imine (C=N–C) groups is 1. The Bertz CT molecular complexity index is 785. The van der Waals surface area contributed by atoms with Crippen LogP contribution < -0.4 is 0 Å². The second kappa shape index (κ2) is 6.29. The summed E-state index contributed by atoms with van der Waals surface area (Å²) in [4.78, 5) is 30.8. The summed E-state index contributed by atoms with van der Waals surface area (Å²) in [5.74, 6) is 0.412. The Morgan fingerprint density at radius 3 is 2.91 bits per heavy atom. The molecule has 0 N–H and O–H groups in total. The zero-order chi connectivity index (χ0) is 16.6. The molecule has 3 rings (SSSR count). The van der Waals surface area contributed by atoms with Gasteiger partial charge in [-0.1, -0.05) is 23.7 Å². The van der Waals surface area contributed by atoms with Crippen molar-refractivity contribution in [3.63, 3.8) is 0 Å². The highest BCUT2D eigenvalue weighted by atomic mass is 35.5. The van der Waals surface area contributed by atoms with E-state index >= 15 is 0 Å². The molecule has 118 valence electrons. The van der Waals surface area contributed by atoms with E-state index in [1.165, 1.54) is 11.6 Å². The van der Waals surface area contributed by atoms with Crippen LogP contribution in [0.2, 0.25) is 5.02 Å². The molecule has 0 saturated carbocycles. The first-order valence-electron chi connectivity index (χ1n) is 7.02. The third-order valence-electron chi connectivity index (χ3n) is 3.78. The van der Waals surface area contributed by atoms with Crippen LogP contribution in [0.4, 0.5) is 4.79 Å². The number of urea groups is 1. The molecule has 0 spiro atoms. The summed E-state index contributed by atoms with van der Waals surface area (Å²) in [7, 11) is 3.13. The lowest BCUT2D eigenvalue weighted by molar-refractivity contribution is -0.407. The molecular weight excluding hydrogens is 334 g/mol. The number of amides is 3. The van der Waals surface area contributed by atoms with Crippen molar-refractivity contribution in [2.75, 3.05) is 14.1 Å². The maximum atomic E-state index is 12.5. The van der Waals surface area contributed by atoms with E-state index in [0.29, 0.717) is 16.6 Å². The van der Waals surface area contributed by atoms with Gasteiger partial charge < -0.3 is 0 Å². The average molecular weight is 349 g/mol. The number of dihydropyridines is 1. The lowest BCUT2D eigenvalue weighted by atomic mass is 10.0. The topological polar surface area (TPSA) is 52.8 Å². The number of nitrogens with zero attached hydrogens (tertiary/aromatic N) is 3. The van der Waals surface area contributed by atoms with Crippen molar-refractivity contribution in [3.8, 4) is 0 Å². The summed E-state index contributed by atoms with van der Waals surface area (Å²) < 4.78 is 1.43. The minimum absolute atomic E-state index is 0.246. The second-order valence-corrected chi connectivity index (χ2v) is 6.78. The van der Waals surface area contributed by atoms with Gasteiger partial charge in [0.25, 0.3) is 5.84 Å². The molecule has 1 aromatic rings. The van der Waals surface area contributed by atoms with E-state index in [2.05, 4.69) is 4.99 Å². The maximum Gasteiger partial charge on any atom is 0.445 e. The molecule has 0 saturated heterocycles. The number of hydrogen-bond acceptors (Lipinski definition) is 4. The maximum absolute atomic E-state index is 12.5. The largest absolute Gasteiger partial charge is 0.445 e. The Morgan fingerprint density at radius 1 is 1.39 bits per heavy atom. The van der Waals surface area contributed by atoms with Crippen molar-refractivity contribution < 1.29 is 14.2 Å². The highest BCUT2D eigenvalue weighted by Crippen LogP contribution is 2.33. The molecule has 0 bridgehead atoms. The molecule has 2 heterocycles. The zero-order valence-electron chi connectivity index (χ0n) is 12.7. The molecule has 0 aliphatic carbocycles. The van der Waals surface area contributed by atoms with Gasteiger partial charge >= 0.3 is 11.9 Å². The number of allylic oxidation sites excluding steroid dienone is 1. The summed E-state index contributed by atoms with van der Waals surface area (Å²) >= 11 is 7.56. The third kappa shape index (κ3) is 2.96. The predicted molar refractivity (Wildman–Crippen MR) is 92.2 cm³/mol. The summed E-state index contributed by atoms with van der Waals surface area (Å²) in [6.07, 6.45) is 3.47. The van der Waals surface area contributed by atoms with Crippen LogP contribution in [0.25, 0.3) is 0 Å². The van der Waals surface area contributed by atoms with Gasteiger partial charge in [-0.2, -0.15) is 9.48 Å². The lowest BCUT2D eigenvalue weighted by Crippen LogP contribution is -2.52. The summed E-state index contributed by atoms with van der Waals surface area (Å²) in [6.45, 7) is 0. The normalized spacial score (nSPS) is 20.7. The van der Waals surface area contributed by atoms with Gasteiger partial charge in [-0.15, -0.1) is 16.8 Å². The zero-order valence-corrected chi connectivity index (χ0v) is 14.3. The first-order chi connectivity index (χ1) is 11.0. The van der Waals surface area contributed by atoms with Crippen molar-refractivity contribution in [2.45, 2.75) is 5.75 Å². The van der Waals surface area contributed by atoms with Crippen LogP contribution in [0.15, 0.2) is 40.2 Å². The van der Waals surface area contributed by atoms with E-state index in [4.69, 9.17) is 11.6 Å². The first-order valence-corrected chi connectivity index (χ1v) is 8.39. The summed E-state index contributed by atoms with van der Waals surface area (Å²) in [5, 5.41) is 0.688. The molecule has 1 aromatic carbocycles. The molecule has 0 aromatic heterocycles.